The molecule has 0 saturated heterocycles. The minimum atomic E-state index is 0.225. The summed E-state index contributed by atoms with van der Waals surface area (Å²) < 4.78 is 0. The summed E-state index contributed by atoms with van der Waals surface area (Å²) in [6.45, 7) is 13.8. The molecule has 1 aromatic rings. The molecule has 0 amide bonds. The van der Waals surface area contributed by atoms with Gasteiger partial charge in [0.2, 0.25) is 0 Å². The van der Waals surface area contributed by atoms with E-state index >= 15 is 0 Å². The smallest absolute Gasteiger partial charge is 0.00759 e. The first-order chi connectivity index (χ1) is 7.71. The fourth-order valence-corrected chi connectivity index (χ4v) is 2.75. The Morgan fingerprint density at radius 2 is 1.59 bits per heavy atom. The fourth-order valence-electron chi connectivity index (χ4n) is 2.75. The summed E-state index contributed by atoms with van der Waals surface area (Å²) in [5.74, 6) is 0.555. The molecule has 0 aromatic heterocycles. The van der Waals surface area contributed by atoms with Crippen LogP contribution < -0.4 is 0 Å². The molecule has 0 aliphatic heterocycles. The molecule has 1 atom stereocenters. The van der Waals surface area contributed by atoms with Crippen molar-refractivity contribution in [2.24, 2.45) is 5.41 Å². The third kappa shape index (κ3) is 2.18. The highest BCUT2D eigenvalue weighted by atomic mass is 14.3. The molecule has 0 N–H and O–H groups in total. The van der Waals surface area contributed by atoms with Crippen LogP contribution in [0.1, 0.15) is 64.2 Å². The standard InChI is InChI=1S/C17H24/c1-16(2,3)14-9-7-8-12-13(14)10-11-15(12)17(4,5)6/h7-11,15H,1-6H3. The van der Waals surface area contributed by atoms with Crippen LogP contribution in [0.25, 0.3) is 6.08 Å². The van der Waals surface area contributed by atoms with Crippen LogP contribution in [0.2, 0.25) is 0 Å². The van der Waals surface area contributed by atoms with Crippen LogP contribution >= 0.6 is 0 Å². The number of hydrogen-bond donors (Lipinski definition) is 0. The molecule has 1 aliphatic carbocycles. The molecule has 0 spiro atoms. The fraction of sp³-hybridized carbons (Fsp3) is 0.529. The third-order valence-electron chi connectivity index (χ3n) is 3.67. The maximum atomic E-state index is 2.37. The van der Waals surface area contributed by atoms with E-state index in [0.29, 0.717) is 11.3 Å². The molecule has 0 radical (unpaired) electrons. The molecule has 0 heterocycles. The Kier molecular flexibility index (Phi) is 2.72. The zero-order valence-corrected chi connectivity index (χ0v) is 12.0. The average molecular weight is 228 g/mol. The lowest BCUT2D eigenvalue weighted by atomic mass is 9.76. The molecular formula is C17H24. The highest BCUT2D eigenvalue weighted by Gasteiger charge is 2.31. The van der Waals surface area contributed by atoms with Gasteiger partial charge in [-0.15, -0.1) is 0 Å². The zero-order chi connectivity index (χ0) is 12.8. The summed E-state index contributed by atoms with van der Waals surface area (Å²) in [7, 11) is 0. The van der Waals surface area contributed by atoms with Crippen LogP contribution in [0.15, 0.2) is 24.3 Å². The van der Waals surface area contributed by atoms with Gasteiger partial charge in [-0.2, -0.15) is 0 Å². The lowest BCUT2D eigenvalue weighted by molar-refractivity contribution is 0.369. The summed E-state index contributed by atoms with van der Waals surface area (Å²) in [5, 5.41) is 0. The second-order valence-corrected chi connectivity index (χ2v) is 7.26. The van der Waals surface area contributed by atoms with Crippen molar-refractivity contribution in [1.29, 1.82) is 0 Å². The minimum absolute atomic E-state index is 0.225. The Hall–Kier alpha value is -1.04. The van der Waals surface area contributed by atoms with E-state index < -0.39 is 0 Å². The number of benzene rings is 1. The van der Waals surface area contributed by atoms with Crippen LogP contribution in [0.5, 0.6) is 0 Å². The van der Waals surface area contributed by atoms with Crippen molar-refractivity contribution in [1.82, 2.24) is 0 Å². The van der Waals surface area contributed by atoms with Gasteiger partial charge in [0.1, 0.15) is 0 Å². The molecule has 0 heteroatoms. The number of fused-ring (bicyclic) bond motifs is 1. The van der Waals surface area contributed by atoms with Crippen LogP contribution in [0, 0.1) is 5.41 Å². The summed E-state index contributed by atoms with van der Waals surface area (Å²) >= 11 is 0. The molecule has 1 unspecified atom stereocenters. The Bertz CT molecular complexity index is 450. The first-order valence-corrected chi connectivity index (χ1v) is 6.53. The molecule has 2 rings (SSSR count). The first-order valence-electron chi connectivity index (χ1n) is 6.53. The van der Waals surface area contributed by atoms with E-state index in [1.807, 2.05) is 0 Å². The minimum Gasteiger partial charge on any atom is -0.0758 e. The van der Waals surface area contributed by atoms with Gasteiger partial charge in [-0.1, -0.05) is 71.9 Å². The van der Waals surface area contributed by atoms with Crippen LogP contribution in [-0.2, 0) is 5.41 Å². The summed E-state index contributed by atoms with van der Waals surface area (Å²) in [6, 6.07) is 6.78. The van der Waals surface area contributed by atoms with Crippen molar-refractivity contribution < 1.29 is 0 Å². The van der Waals surface area contributed by atoms with E-state index in [1.165, 1.54) is 16.7 Å². The summed E-state index contributed by atoms with van der Waals surface area (Å²) in [5.41, 5.74) is 4.96. The Morgan fingerprint density at radius 1 is 0.941 bits per heavy atom. The predicted molar refractivity (Wildman–Crippen MR) is 76.4 cm³/mol. The van der Waals surface area contributed by atoms with Crippen LogP contribution in [0.3, 0.4) is 0 Å². The van der Waals surface area contributed by atoms with Crippen molar-refractivity contribution in [3.8, 4) is 0 Å². The molecule has 92 valence electrons. The molecule has 1 aromatic carbocycles. The van der Waals surface area contributed by atoms with Crippen molar-refractivity contribution >= 4 is 6.08 Å². The van der Waals surface area contributed by atoms with E-state index in [-0.39, 0.29) is 5.41 Å². The van der Waals surface area contributed by atoms with Crippen molar-refractivity contribution in [2.45, 2.75) is 52.9 Å². The lowest BCUT2D eigenvalue weighted by Crippen LogP contribution is -2.17. The van der Waals surface area contributed by atoms with Crippen LogP contribution in [0.4, 0.5) is 0 Å². The van der Waals surface area contributed by atoms with Gasteiger partial charge in [0, 0.05) is 5.92 Å². The SMILES string of the molecule is CC(C)(C)c1cccc2c1C=CC2C(C)(C)C. The maximum Gasteiger partial charge on any atom is 0.00759 e. The summed E-state index contributed by atoms with van der Waals surface area (Å²) in [6.07, 6.45) is 4.70. The van der Waals surface area contributed by atoms with Gasteiger partial charge in [-0.25, -0.2) is 0 Å². The van der Waals surface area contributed by atoms with Gasteiger partial charge in [0.25, 0.3) is 0 Å². The Morgan fingerprint density at radius 3 is 2.12 bits per heavy atom. The quantitative estimate of drug-likeness (QED) is 0.576. The predicted octanol–water partition coefficient (Wildman–Crippen LogP) is 5.14. The normalized spacial score (nSPS) is 19.5. The van der Waals surface area contributed by atoms with E-state index in [0.717, 1.165) is 0 Å². The highest BCUT2D eigenvalue weighted by molar-refractivity contribution is 5.67. The molecule has 0 bridgehead atoms. The molecule has 0 fully saturated rings. The lowest BCUT2D eigenvalue weighted by Gasteiger charge is -2.28. The molecule has 0 saturated carbocycles. The monoisotopic (exact) mass is 228 g/mol. The van der Waals surface area contributed by atoms with Crippen LogP contribution in [-0.4, -0.2) is 0 Å². The van der Waals surface area contributed by atoms with Gasteiger partial charge in [0.15, 0.2) is 0 Å². The number of allylic oxidation sites excluding steroid dienone is 1. The Labute approximate surface area is 106 Å². The van der Waals surface area contributed by atoms with Gasteiger partial charge in [-0.05, 0) is 27.5 Å². The molecule has 1 aliphatic rings. The highest BCUT2D eigenvalue weighted by Crippen LogP contribution is 2.45. The van der Waals surface area contributed by atoms with Gasteiger partial charge in [-0.3, -0.25) is 0 Å². The average Bonchev–Trinajstić information content (AvgIpc) is 2.57. The zero-order valence-electron chi connectivity index (χ0n) is 12.0. The van der Waals surface area contributed by atoms with Gasteiger partial charge >= 0.3 is 0 Å². The van der Waals surface area contributed by atoms with Gasteiger partial charge < -0.3 is 0 Å². The largest absolute Gasteiger partial charge is 0.0758 e. The van der Waals surface area contributed by atoms with E-state index in [2.05, 4.69) is 71.9 Å². The number of rotatable bonds is 0. The third-order valence-corrected chi connectivity index (χ3v) is 3.67. The first kappa shape index (κ1) is 12.4. The summed E-state index contributed by atoms with van der Waals surface area (Å²) in [4.78, 5) is 0. The molecular weight excluding hydrogens is 204 g/mol. The van der Waals surface area contributed by atoms with E-state index in [9.17, 15) is 0 Å². The van der Waals surface area contributed by atoms with E-state index in [4.69, 9.17) is 0 Å². The number of hydrogen-bond acceptors (Lipinski definition) is 0. The maximum absolute atomic E-state index is 2.37. The topological polar surface area (TPSA) is 0 Å². The second-order valence-electron chi connectivity index (χ2n) is 7.26. The van der Waals surface area contributed by atoms with Crippen molar-refractivity contribution in [3.05, 3.63) is 41.0 Å². The van der Waals surface area contributed by atoms with Crippen molar-refractivity contribution in [2.75, 3.05) is 0 Å². The second kappa shape index (κ2) is 3.73. The van der Waals surface area contributed by atoms with E-state index in [1.54, 1.807) is 0 Å². The van der Waals surface area contributed by atoms with Gasteiger partial charge in [0.05, 0.1) is 0 Å². The Balaban J connectivity index is 2.55. The molecule has 17 heavy (non-hydrogen) atoms. The van der Waals surface area contributed by atoms with Crippen molar-refractivity contribution in [3.63, 3.8) is 0 Å². The molecule has 0 nitrogen and oxygen atoms in total.